The summed E-state index contributed by atoms with van der Waals surface area (Å²) < 4.78 is 33.4. The molecular weight excluding hydrogens is 340 g/mol. The Morgan fingerprint density at radius 2 is 1.90 bits per heavy atom. The number of hydrogen-bond donors (Lipinski definition) is 1. The molecule has 0 bridgehead atoms. The van der Waals surface area contributed by atoms with E-state index in [0.717, 1.165) is 34.8 Å². The molecule has 0 amide bonds. The largest absolute Gasteiger partial charge is 0.454 e. The van der Waals surface area contributed by atoms with E-state index in [1.54, 1.807) is 6.07 Å². The van der Waals surface area contributed by atoms with Crippen LogP contribution in [0.5, 0.6) is 11.5 Å². The Morgan fingerprint density at radius 3 is 2.62 bits per heavy atom. The minimum absolute atomic E-state index is 0.0368. The smallest absolute Gasteiger partial charge is 0.165 e. The van der Waals surface area contributed by atoms with Crippen molar-refractivity contribution < 1.29 is 13.5 Å². The van der Waals surface area contributed by atoms with Crippen LogP contribution in [0.3, 0.4) is 0 Å². The fourth-order valence-electron chi connectivity index (χ4n) is 2.04. The monoisotopic (exact) mass is 355 g/mol. The van der Waals surface area contributed by atoms with Crippen LogP contribution in [0.4, 0.5) is 8.78 Å². The second-order valence-electron chi connectivity index (χ2n) is 4.64. The topological polar surface area (TPSA) is 21.3 Å². The highest BCUT2D eigenvalue weighted by Gasteiger charge is 2.14. The first-order chi connectivity index (χ1) is 10.0. The number of halogens is 3. The summed E-state index contributed by atoms with van der Waals surface area (Å²) >= 11 is 3.36. The fraction of sp³-hybridized carbons (Fsp3) is 0.250. The third kappa shape index (κ3) is 4.02. The van der Waals surface area contributed by atoms with E-state index in [9.17, 15) is 8.78 Å². The molecule has 112 valence electrons. The first-order valence-corrected chi connectivity index (χ1v) is 7.46. The minimum Gasteiger partial charge on any atom is -0.454 e. The van der Waals surface area contributed by atoms with Gasteiger partial charge in [0.25, 0.3) is 0 Å². The van der Waals surface area contributed by atoms with E-state index in [0.29, 0.717) is 5.75 Å². The molecule has 2 rings (SSSR count). The maximum absolute atomic E-state index is 13.7. The Bertz CT molecular complexity index is 634. The molecule has 0 radical (unpaired) electrons. The lowest BCUT2D eigenvalue weighted by molar-refractivity contribution is 0.425. The van der Waals surface area contributed by atoms with Gasteiger partial charge in [0.15, 0.2) is 11.6 Å². The van der Waals surface area contributed by atoms with Gasteiger partial charge in [-0.3, -0.25) is 0 Å². The summed E-state index contributed by atoms with van der Waals surface area (Å²) in [4.78, 5) is 0. The molecule has 0 aromatic heterocycles. The minimum atomic E-state index is -0.599. The second-order valence-corrected chi connectivity index (χ2v) is 5.55. The molecule has 1 N–H and O–H groups in total. The predicted molar refractivity (Wildman–Crippen MR) is 82.7 cm³/mol. The molecule has 0 aliphatic rings. The van der Waals surface area contributed by atoms with Gasteiger partial charge in [0.1, 0.15) is 11.6 Å². The Balaban J connectivity index is 2.38. The number of ether oxygens (including phenoxy) is 1. The van der Waals surface area contributed by atoms with Gasteiger partial charge < -0.3 is 10.1 Å². The molecule has 0 heterocycles. The summed E-state index contributed by atoms with van der Waals surface area (Å²) in [6.45, 7) is 4.79. The summed E-state index contributed by atoms with van der Waals surface area (Å²) in [5, 5.41) is 3.27. The van der Waals surface area contributed by atoms with Crippen molar-refractivity contribution in [3.63, 3.8) is 0 Å². The van der Waals surface area contributed by atoms with Gasteiger partial charge in [0.05, 0.1) is 0 Å². The van der Waals surface area contributed by atoms with E-state index >= 15 is 0 Å². The predicted octanol–water partition coefficient (Wildman–Crippen LogP) is 5.19. The normalized spacial score (nSPS) is 12.2. The van der Waals surface area contributed by atoms with E-state index in [4.69, 9.17) is 4.74 Å². The molecule has 0 aliphatic carbocycles. The molecule has 2 nitrogen and oxygen atoms in total. The van der Waals surface area contributed by atoms with E-state index in [1.807, 2.05) is 26.0 Å². The molecule has 0 spiro atoms. The van der Waals surface area contributed by atoms with E-state index < -0.39 is 11.6 Å². The zero-order valence-electron chi connectivity index (χ0n) is 11.8. The van der Waals surface area contributed by atoms with Gasteiger partial charge in [0, 0.05) is 22.1 Å². The van der Waals surface area contributed by atoms with E-state index in [1.165, 1.54) is 0 Å². The molecule has 21 heavy (non-hydrogen) atoms. The molecule has 1 unspecified atom stereocenters. The highest BCUT2D eigenvalue weighted by molar-refractivity contribution is 9.10. The first-order valence-electron chi connectivity index (χ1n) is 6.67. The van der Waals surface area contributed by atoms with Gasteiger partial charge in [0.2, 0.25) is 0 Å². The van der Waals surface area contributed by atoms with Crippen LogP contribution in [-0.2, 0) is 0 Å². The summed E-state index contributed by atoms with van der Waals surface area (Å²) in [5.41, 5.74) is 0.878. The lowest BCUT2D eigenvalue weighted by Gasteiger charge is -2.18. The van der Waals surface area contributed by atoms with Crippen LogP contribution < -0.4 is 10.1 Å². The van der Waals surface area contributed by atoms with Crippen molar-refractivity contribution in [2.45, 2.75) is 19.9 Å². The first kappa shape index (κ1) is 15.9. The van der Waals surface area contributed by atoms with Crippen molar-refractivity contribution in [1.82, 2.24) is 5.32 Å². The van der Waals surface area contributed by atoms with Crippen molar-refractivity contribution in [3.8, 4) is 11.5 Å². The van der Waals surface area contributed by atoms with Crippen molar-refractivity contribution in [2.24, 2.45) is 0 Å². The van der Waals surface area contributed by atoms with Crippen LogP contribution in [0.1, 0.15) is 25.5 Å². The quantitative estimate of drug-likeness (QED) is 0.796. The van der Waals surface area contributed by atoms with Gasteiger partial charge in [-0.25, -0.2) is 8.78 Å². The molecule has 0 fully saturated rings. The van der Waals surface area contributed by atoms with E-state index in [-0.39, 0.29) is 11.8 Å². The lowest BCUT2D eigenvalue weighted by Crippen LogP contribution is -2.18. The maximum atomic E-state index is 13.7. The Kier molecular flexibility index (Phi) is 5.31. The lowest BCUT2D eigenvalue weighted by atomic mass is 10.1. The highest BCUT2D eigenvalue weighted by atomic mass is 79.9. The average molecular weight is 356 g/mol. The Morgan fingerprint density at radius 1 is 1.14 bits per heavy atom. The zero-order valence-corrected chi connectivity index (χ0v) is 13.4. The standard InChI is InChI=1S/C16H16BrF2NO/c1-3-20-10(2)13-6-4-11(17)8-15(13)21-16-9-12(18)5-7-14(16)19/h4-10,20H,3H2,1-2H3. The van der Waals surface area contributed by atoms with Gasteiger partial charge in [-0.15, -0.1) is 0 Å². The third-order valence-electron chi connectivity index (χ3n) is 3.07. The van der Waals surface area contributed by atoms with Crippen LogP contribution in [0.2, 0.25) is 0 Å². The molecule has 0 saturated heterocycles. The zero-order chi connectivity index (χ0) is 15.4. The fourth-order valence-corrected chi connectivity index (χ4v) is 2.38. The summed E-state index contributed by atoms with van der Waals surface area (Å²) in [6.07, 6.45) is 0. The Hall–Kier alpha value is -1.46. The van der Waals surface area contributed by atoms with Gasteiger partial charge in [-0.1, -0.05) is 28.9 Å². The molecule has 2 aromatic carbocycles. The van der Waals surface area contributed by atoms with E-state index in [2.05, 4.69) is 21.2 Å². The van der Waals surface area contributed by atoms with Crippen LogP contribution in [0.25, 0.3) is 0 Å². The molecule has 0 saturated carbocycles. The molecular formula is C16H16BrF2NO. The maximum Gasteiger partial charge on any atom is 0.165 e. The van der Waals surface area contributed by atoms with Crippen LogP contribution in [0.15, 0.2) is 40.9 Å². The summed E-state index contributed by atoms with van der Waals surface area (Å²) in [5.74, 6) is -0.776. The molecule has 1 atom stereocenters. The van der Waals surface area contributed by atoms with Crippen molar-refractivity contribution in [1.29, 1.82) is 0 Å². The summed E-state index contributed by atoms with van der Waals surface area (Å²) in [6, 6.07) is 8.71. The number of rotatable bonds is 5. The van der Waals surface area contributed by atoms with Crippen molar-refractivity contribution >= 4 is 15.9 Å². The third-order valence-corrected chi connectivity index (χ3v) is 3.56. The van der Waals surface area contributed by atoms with Gasteiger partial charge in [-0.05, 0) is 37.7 Å². The Labute approximate surface area is 131 Å². The number of benzene rings is 2. The van der Waals surface area contributed by atoms with Crippen LogP contribution >= 0.6 is 15.9 Å². The summed E-state index contributed by atoms with van der Waals surface area (Å²) in [7, 11) is 0. The molecule has 5 heteroatoms. The van der Waals surface area contributed by atoms with Crippen LogP contribution in [0, 0.1) is 11.6 Å². The molecule has 2 aromatic rings. The SMILES string of the molecule is CCNC(C)c1ccc(Br)cc1Oc1cc(F)ccc1F. The van der Waals surface area contributed by atoms with Crippen LogP contribution in [-0.4, -0.2) is 6.54 Å². The second kappa shape index (κ2) is 7.00. The van der Waals surface area contributed by atoms with Crippen molar-refractivity contribution in [3.05, 3.63) is 58.1 Å². The highest BCUT2D eigenvalue weighted by Crippen LogP contribution is 2.33. The number of hydrogen-bond acceptors (Lipinski definition) is 2. The van der Waals surface area contributed by atoms with Crippen molar-refractivity contribution in [2.75, 3.05) is 6.54 Å². The number of nitrogens with one attached hydrogen (secondary N) is 1. The van der Waals surface area contributed by atoms with Gasteiger partial charge >= 0.3 is 0 Å². The van der Waals surface area contributed by atoms with Gasteiger partial charge in [-0.2, -0.15) is 0 Å². The molecule has 0 aliphatic heterocycles. The average Bonchev–Trinajstić information content (AvgIpc) is 2.43.